The Labute approximate surface area is 74.9 Å². The predicted octanol–water partition coefficient (Wildman–Crippen LogP) is 1.36. The monoisotopic (exact) mass is 169 g/mol. The van der Waals surface area contributed by atoms with Crippen LogP contribution in [0.4, 0.5) is 0 Å². The largest absolute Gasteiger partial charge is 0.381 e. The molecule has 70 valence electrons. The number of hydrogen-bond acceptors (Lipinski definition) is 2. The van der Waals surface area contributed by atoms with Crippen LogP contribution < -0.4 is 0 Å². The number of fused-ring (bicyclic) bond motifs is 2. The van der Waals surface area contributed by atoms with E-state index in [2.05, 4.69) is 18.7 Å². The summed E-state index contributed by atoms with van der Waals surface area (Å²) in [4.78, 5) is 2.60. The fourth-order valence-corrected chi connectivity index (χ4v) is 2.42. The Kier molecular flexibility index (Phi) is 2.37. The standard InChI is InChI=1S/C10H19NO/c1-8(2)11-4-9-3-10(5-11)7-12-6-9/h8-10H,3-7H2,1-2H3. The number of hydrogen-bond donors (Lipinski definition) is 0. The molecular formula is C10H19NO. The van der Waals surface area contributed by atoms with E-state index in [1.54, 1.807) is 0 Å². The van der Waals surface area contributed by atoms with Gasteiger partial charge in [-0.25, -0.2) is 0 Å². The van der Waals surface area contributed by atoms with E-state index in [0.717, 1.165) is 25.0 Å². The Morgan fingerprint density at radius 3 is 2.25 bits per heavy atom. The van der Waals surface area contributed by atoms with Crippen LogP contribution in [0.5, 0.6) is 0 Å². The zero-order valence-corrected chi connectivity index (χ0v) is 8.12. The zero-order valence-electron chi connectivity index (χ0n) is 8.12. The van der Waals surface area contributed by atoms with Crippen LogP contribution in [0.2, 0.25) is 0 Å². The van der Waals surface area contributed by atoms with Gasteiger partial charge in [-0.2, -0.15) is 0 Å². The lowest BCUT2D eigenvalue weighted by Crippen LogP contribution is -2.49. The van der Waals surface area contributed by atoms with E-state index < -0.39 is 0 Å². The molecule has 2 saturated heterocycles. The molecule has 0 saturated carbocycles. The number of rotatable bonds is 1. The van der Waals surface area contributed by atoms with Crippen molar-refractivity contribution in [1.29, 1.82) is 0 Å². The number of likely N-dealkylation sites (tertiary alicyclic amines) is 1. The summed E-state index contributed by atoms with van der Waals surface area (Å²) >= 11 is 0. The fourth-order valence-electron chi connectivity index (χ4n) is 2.42. The SMILES string of the molecule is CC(C)N1CC2COCC(C2)C1. The first-order chi connectivity index (χ1) is 5.75. The van der Waals surface area contributed by atoms with Gasteiger partial charge in [0.15, 0.2) is 0 Å². The highest BCUT2D eigenvalue weighted by Crippen LogP contribution is 2.27. The van der Waals surface area contributed by atoms with Gasteiger partial charge in [-0.1, -0.05) is 0 Å². The van der Waals surface area contributed by atoms with Crippen LogP contribution in [0, 0.1) is 11.8 Å². The van der Waals surface area contributed by atoms with Gasteiger partial charge in [0.1, 0.15) is 0 Å². The molecule has 2 nitrogen and oxygen atoms in total. The van der Waals surface area contributed by atoms with Crippen LogP contribution in [0.25, 0.3) is 0 Å². The lowest BCUT2D eigenvalue weighted by Gasteiger charge is -2.42. The molecule has 2 heterocycles. The first kappa shape index (κ1) is 8.52. The molecule has 0 aliphatic carbocycles. The van der Waals surface area contributed by atoms with Crippen LogP contribution in [0.3, 0.4) is 0 Å². The first-order valence-electron chi connectivity index (χ1n) is 5.07. The van der Waals surface area contributed by atoms with Crippen LogP contribution in [-0.2, 0) is 4.74 Å². The molecule has 0 radical (unpaired) electrons. The highest BCUT2D eigenvalue weighted by molar-refractivity contribution is 4.83. The van der Waals surface area contributed by atoms with Crippen LogP contribution in [0.1, 0.15) is 20.3 Å². The second-order valence-electron chi connectivity index (χ2n) is 4.55. The zero-order chi connectivity index (χ0) is 8.55. The molecule has 2 unspecified atom stereocenters. The minimum atomic E-state index is 0.716. The van der Waals surface area contributed by atoms with Crippen LogP contribution >= 0.6 is 0 Å². The average molecular weight is 169 g/mol. The summed E-state index contributed by atoms with van der Waals surface area (Å²) in [7, 11) is 0. The molecule has 0 spiro atoms. The van der Waals surface area contributed by atoms with Crippen molar-refractivity contribution < 1.29 is 4.74 Å². The van der Waals surface area contributed by atoms with Crippen molar-refractivity contribution in [2.24, 2.45) is 11.8 Å². The molecule has 2 bridgehead atoms. The van der Waals surface area contributed by atoms with Crippen molar-refractivity contribution in [3.63, 3.8) is 0 Å². The molecule has 2 aliphatic rings. The first-order valence-corrected chi connectivity index (χ1v) is 5.07. The normalized spacial score (nSPS) is 37.2. The fraction of sp³-hybridized carbons (Fsp3) is 1.00. The molecule has 12 heavy (non-hydrogen) atoms. The molecule has 2 atom stereocenters. The summed E-state index contributed by atoms with van der Waals surface area (Å²) in [6, 6.07) is 0.716. The van der Waals surface area contributed by atoms with E-state index in [9.17, 15) is 0 Å². The molecule has 0 aromatic rings. The van der Waals surface area contributed by atoms with E-state index in [1.165, 1.54) is 19.5 Å². The third-order valence-corrected chi connectivity index (χ3v) is 3.09. The maximum Gasteiger partial charge on any atom is 0.0506 e. The summed E-state index contributed by atoms with van der Waals surface area (Å²) in [5, 5.41) is 0. The summed E-state index contributed by atoms with van der Waals surface area (Å²) < 4.78 is 5.54. The molecule has 2 fully saturated rings. The van der Waals surface area contributed by atoms with Gasteiger partial charge in [-0.3, -0.25) is 0 Å². The molecule has 2 aliphatic heterocycles. The van der Waals surface area contributed by atoms with E-state index in [1.807, 2.05) is 0 Å². The van der Waals surface area contributed by atoms with Crippen molar-refractivity contribution in [3.8, 4) is 0 Å². The molecule has 0 aromatic carbocycles. The Hall–Kier alpha value is -0.0800. The molecule has 0 amide bonds. The maximum atomic E-state index is 5.54. The van der Waals surface area contributed by atoms with E-state index in [-0.39, 0.29) is 0 Å². The van der Waals surface area contributed by atoms with Gasteiger partial charge in [-0.15, -0.1) is 0 Å². The number of ether oxygens (including phenoxy) is 1. The Bertz CT molecular complexity index is 146. The highest BCUT2D eigenvalue weighted by Gasteiger charge is 2.31. The summed E-state index contributed by atoms with van der Waals surface area (Å²) in [5.41, 5.74) is 0. The van der Waals surface area contributed by atoms with Gasteiger partial charge < -0.3 is 9.64 Å². The molecule has 2 heteroatoms. The van der Waals surface area contributed by atoms with Crippen molar-refractivity contribution in [2.75, 3.05) is 26.3 Å². The summed E-state index contributed by atoms with van der Waals surface area (Å²) in [5.74, 6) is 1.64. The van der Waals surface area contributed by atoms with Crippen molar-refractivity contribution in [2.45, 2.75) is 26.3 Å². The minimum Gasteiger partial charge on any atom is -0.381 e. The second-order valence-corrected chi connectivity index (χ2v) is 4.55. The highest BCUT2D eigenvalue weighted by atomic mass is 16.5. The van der Waals surface area contributed by atoms with Gasteiger partial charge in [-0.05, 0) is 32.1 Å². The van der Waals surface area contributed by atoms with E-state index >= 15 is 0 Å². The Morgan fingerprint density at radius 2 is 1.75 bits per heavy atom. The molecule has 0 N–H and O–H groups in total. The lowest BCUT2D eigenvalue weighted by molar-refractivity contribution is -0.0479. The lowest BCUT2D eigenvalue weighted by atomic mass is 9.87. The minimum absolute atomic E-state index is 0.716. The van der Waals surface area contributed by atoms with Crippen LogP contribution in [0.15, 0.2) is 0 Å². The number of nitrogens with zero attached hydrogens (tertiary/aromatic N) is 1. The number of piperidine rings is 1. The van der Waals surface area contributed by atoms with Crippen molar-refractivity contribution in [1.82, 2.24) is 4.90 Å². The molecule has 0 aromatic heterocycles. The third kappa shape index (κ3) is 1.64. The quantitative estimate of drug-likeness (QED) is 0.587. The van der Waals surface area contributed by atoms with Gasteiger partial charge in [0.25, 0.3) is 0 Å². The topological polar surface area (TPSA) is 12.5 Å². The Morgan fingerprint density at radius 1 is 1.17 bits per heavy atom. The maximum absolute atomic E-state index is 5.54. The van der Waals surface area contributed by atoms with E-state index in [0.29, 0.717) is 6.04 Å². The molecular weight excluding hydrogens is 150 g/mol. The van der Waals surface area contributed by atoms with Gasteiger partial charge in [0, 0.05) is 19.1 Å². The summed E-state index contributed by atoms with van der Waals surface area (Å²) in [6.45, 7) is 9.10. The van der Waals surface area contributed by atoms with Crippen molar-refractivity contribution >= 4 is 0 Å². The average Bonchev–Trinajstić information content (AvgIpc) is 2.03. The third-order valence-electron chi connectivity index (χ3n) is 3.09. The second kappa shape index (κ2) is 3.35. The van der Waals surface area contributed by atoms with E-state index in [4.69, 9.17) is 4.74 Å². The van der Waals surface area contributed by atoms with Gasteiger partial charge >= 0.3 is 0 Å². The Balaban J connectivity index is 1.96. The molecule has 2 rings (SSSR count). The smallest absolute Gasteiger partial charge is 0.0506 e. The summed E-state index contributed by atoms with van der Waals surface area (Å²) in [6.07, 6.45) is 1.41. The van der Waals surface area contributed by atoms with Crippen LogP contribution in [-0.4, -0.2) is 37.2 Å². The predicted molar refractivity (Wildman–Crippen MR) is 49.1 cm³/mol. The van der Waals surface area contributed by atoms with Crippen molar-refractivity contribution in [3.05, 3.63) is 0 Å². The van der Waals surface area contributed by atoms with Gasteiger partial charge in [0.2, 0.25) is 0 Å². The van der Waals surface area contributed by atoms with Gasteiger partial charge in [0.05, 0.1) is 13.2 Å².